The lowest BCUT2D eigenvalue weighted by Crippen LogP contribution is -2.35. The molecule has 0 bridgehead atoms. The smallest absolute Gasteiger partial charge is 0.0406 e. The van der Waals surface area contributed by atoms with Crippen LogP contribution < -0.4 is 5.32 Å². The first-order valence-electron chi connectivity index (χ1n) is 7.00. The molecule has 1 fully saturated rings. The third-order valence-electron chi connectivity index (χ3n) is 4.37. The van der Waals surface area contributed by atoms with Crippen molar-refractivity contribution >= 4 is 11.6 Å². The van der Waals surface area contributed by atoms with Crippen LogP contribution in [0.25, 0.3) is 0 Å². The Balaban J connectivity index is 1.79. The normalized spacial score (nSPS) is 18.9. The van der Waals surface area contributed by atoms with E-state index in [1.807, 2.05) is 12.1 Å². The van der Waals surface area contributed by atoms with Crippen molar-refractivity contribution in [3.8, 4) is 0 Å². The SMILES string of the molecule is CC(Cc1ccc(Cl)cc1)NCC1(C(C)C)CC1. The molecular formula is C16H24ClN. The van der Waals surface area contributed by atoms with Crippen LogP contribution in [0, 0.1) is 11.3 Å². The molecule has 0 amide bonds. The van der Waals surface area contributed by atoms with E-state index in [0.717, 1.165) is 17.4 Å². The van der Waals surface area contributed by atoms with Crippen LogP contribution in [-0.4, -0.2) is 12.6 Å². The van der Waals surface area contributed by atoms with Crippen LogP contribution in [0.5, 0.6) is 0 Å². The quantitative estimate of drug-likeness (QED) is 0.809. The van der Waals surface area contributed by atoms with Gasteiger partial charge in [0.15, 0.2) is 0 Å². The topological polar surface area (TPSA) is 12.0 Å². The number of halogens is 1. The van der Waals surface area contributed by atoms with E-state index in [9.17, 15) is 0 Å². The second-order valence-electron chi connectivity index (χ2n) is 6.13. The molecule has 2 rings (SSSR count). The van der Waals surface area contributed by atoms with Crippen LogP contribution in [0.1, 0.15) is 39.2 Å². The Hall–Kier alpha value is -0.530. The van der Waals surface area contributed by atoms with Crippen LogP contribution in [0.2, 0.25) is 5.02 Å². The van der Waals surface area contributed by atoms with Gasteiger partial charge in [-0.1, -0.05) is 37.6 Å². The van der Waals surface area contributed by atoms with Crippen LogP contribution in [-0.2, 0) is 6.42 Å². The molecule has 1 atom stereocenters. The Morgan fingerprint density at radius 1 is 1.17 bits per heavy atom. The number of hydrogen-bond donors (Lipinski definition) is 1. The molecule has 1 aromatic carbocycles. The van der Waals surface area contributed by atoms with Crippen molar-refractivity contribution in [2.75, 3.05) is 6.54 Å². The van der Waals surface area contributed by atoms with Crippen molar-refractivity contribution < 1.29 is 0 Å². The first-order valence-corrected chi connectivity index (χ1v) is 7.37. The first-order chi connectivity index (χ1) is 8.52. The second kappa shape index (κ2) is 5.63. The van der Waals surface area contributed by atoms with Gasteiger partial charge >= 0.3 is 0 Å². The van der Waals surface area contributed by atoms with Crippen LogP contribution in [0.3, 0.4) is 0 Å². The lowest BCUT2D eigenvalue weighted by Gasteiger charge is -2.23. The largest absolute Gasteiger partial charge is 0.313 e. The van der Waals surface area contributed by atoms with Crippen LogP contribution >= 0.6 is 11.6 Å². The van der Waals surface area contributed by atoms with Crippen molar-refractivity contribution in [1.29, 1.82) is 0 Å². The van der Waals surface area contributed by atoms with E-state index in [1.165, 1.54) is 24.9 Å². The van der Waals surface area contributed by atoms with E-state index in [-0.39, 0.29) is 0 Å². The van der Waals surface area contributed by atoms with E-state index in [1.54, 1.807) is 0 Å². The van der Waals surface area contributed by atoms with Gasteiger partial charge in [0.1, 0.15) is 0 Å². The summed E-state index contributed by atoms with van der Waals surface area (Å²) in [4.78, 5) is 0. The highest BCUT2D eigenvalue weighted by atomic mass is 35.5. The van der Waals surface area contributed by atoms with Crippen LogP contribution in [0.15, 0.2) is 24.3 Å². The number of rotatable bonds is 6. The molecule has 0 spiro atoms. The minimum Gasteiger partial charge on any atom is -0.313 e. The molecule has 1 aliphatic carbocycles. The molecule has 0 aromatic heterocycles. The minimum absolute atomic E-state index is 0.530. The van der Waals surface area contributed by atoms with Gasteiger partial charge in [0.25, 0.3) is 0 Å². The van der Waals surface area contributed by atoms with Gasteiger partial charge in [-0.3, -0.25) is 0 Å². The van der Waals surface area contributed by atoms with E-state index >= 15 is 0 Å². The zero-order valence-corrected chi connectivity index (χ0v) is 12.4. The highest BCUT2D eigenvalue weighted by molar-refractivity contribution is 6.30. The summed E-state index contributed by atoms with van der Waals surface area (Å²) >= 11 is 5.90. The molecule has 1 saturated carbocycles. The standard InChI is InChI=1S/C16H24ClN/c1-12(2)16(8-9-16)11-18-13(3)10-14-4-6-15(17)7-5-14/h4-7,12-13,18H,8-11H2,1-3H3. The fourth-order valence-electron chi connectivity index (χ4n) is 2.54. The maximum absolute atomic E-state index is 5.90. The Kier molecular flexibility index (Phi) is 4.34. The van der Waals surface area contributed by atoms with Crippen molar-refractivity contribution in [3.63, 3.8) is 0 Å². The molecule has 0 radical (unpaired) electrons. The Morgan fingerprint density at radius 2 is 1.78 bits per heavy atom. The molecule has 2 heteroatoms. The summed E-state index contributed by atoms with van der Waals surface area (Å²) in [5, 5.41) is 4.51. The maximum atomic E-state index is 5.90. The zero-order valence-electron chi connectivity index (χ0n) is 11.7. The fourth-order valence-corrected chi connectivity index (χ4v) is 2.67. The minimum atomic E-state index is 0.530. The predicted octanol–water partition coefficient (Wildman–Crippen LogP) is 4.30. The lowest BCUT2D eigenvalue weighted by molar-refractivity contribution is 0.323. The molecule has 1 N–H and O–H groups in total. The van der Waals surface area contributed by atoms with Gasteiger partial charge in [-0.05, 0) is 55.2 Å². The van der Waals surface area contributed by atoms with Gasteiger partial charge in [0, 0.05) is 17.6 Å². The average molecular weight is 266 g/mol. The Bertz CT molecular complexity index is 379. The summed E-state index contributed by atoms with van der Waals surface area (Å²) in [6, 6.07) is 8.72. The summed E-state index contributed by atoms with van der Waals surface area (Å²) in [6.45, 7) is 8.13. The molecular weight excluding hydrogens is 242 g/mol. The molecule has 0 saturated heterocycles. The van der Waals surface area contributed by atoms with Gasteiger partial charge in [-0.2, -0.15) is 0 Å². The highest BCUT2D eigenvalue weighted by Gasteiger charge is 2.44. The van der Waals surface area contributed by atoms with Gasteiger partial charge in [-0.25, -0.2) is 0 Å². The molecule has 0 heterocycles. The molecule has 18 heavy (non-hydrogen) atoms. The third kappa shape index (κ3) is 3.49. The van der Waals surface area contributed by atoms with E-state index < -0.39 is 0 Å². The summed E-state index contributed by atoms with van der Waals surface area (Å²) < 4.78 is 0. The predicted molar refractivity (Wildman–Crippen MR) is 79.1 cm³/mol. The number of hydrogen-bond acceptors (Lipinski definition) is 1. The van der Waals surface area contributed by atoms with Gasteiger partial charge in [0.2, 0.25) is 0 Å². The fraction of sp³-hybridized carbons (Fsp3) is 0.625. The van der Waals surface area contributed by atoms with E-state index in [2.05, 4.69) is 38.2 Å². The lowest BCUT2D eigenvalue weighted by atomic mass is 9.92. The molecule has 1 aromatic rings. The van der Waals surface area contributed by atoms with Crippen molar-refractivity contribution in [3.05, 3.63) is 34.9 Å². The molecule has 1 aliphatic rings. The molecule has 0 aliphatic heterocycles. The maximum Gasteiger partial charge on any atom is 0.0406 e. The summed E-state index contributed by atoms with van der Waals surface area (Å²) in [5.74, 6) is 0.799. The summed E-state index contributed by atoms with van der Waals surface area (Å²) in [6.07, 6.45) is 3.86. The van der Waals surface area contributed by atoms with E-state index in [0.29, 0.717) is 11.5 Å². The van der Waals surface area contributed by atoms with Gasteiger partial charge in [0.05, 0.1) is 0 Å². The Labute approximate surface area is 116 Å². The highest BCUT2D eigenvalue weighted by Crippen LogP contribution is 2.51. The van der Waals surface area contributed by atoms with Gasteiger partial charge in [-0.15, -0.1) is 0 Å². The monoisotopic (exact) mass is 265 g/mol. The second-order valence-corrected chi connectivity index (χ2v) is 6.57. The van der Waals surface area contributed by atoms with Crippen LogP contribution in [0.4, 0.5) is 0 Å². The summed E-state index contributed by atoms with van der Waals surface area (Å²) in [7, 11) is 0. The van der Waals surface area contributed by atoms with Crippen molar-refractivity contribution in [2.24, 2.45) is 11.3 Å². The summed E-state index contributed by atoms with van der Waals surface area (Å²) in [5.41, 5.74) is 1.95. The van der Waals surface area contributed by atoms with Crippen molar-refractivity contribution in [1.82, 2.24) is 5.32 Å². The molecule has 1 unspecified atom stereocenters. The zero-order chi connectivity index (χ0) is 13.2. The number of benzene rings is 1. The molecule has 100 valence electrons. The first kappa shape index (κ1) is 13.9. The average Bonchev–Trinajstić information content (AvgIpc) is 3.11. The Morgan fingerprint density at radius 3 is 2.28 bits per heavy atom. The van der Waals surface area contributed by atoms with Gasteiger partial charge < -0.3 is 5.32 Å². The van der Waals surface area contributed by atoms with E-state index in [4.69, 9.17) is 11.6 Å². The van der Waals surface area contributed by atoms with Crippen molar-refractivity contribution in [2.45, 2.75) is 46.1 Å². The number of nitrogens with one attached hydrogen (secondary N) is 1. The molecule has 1 nitrogen and oxygen atoms in total. The third-order valence-corrected chi connectivity index (χ3v) is 4.63.